The zero-order valence-electron chi connectivity index (χ0n) is 12.4. The van der Waals surface area contributed by atoms with E-state index in [-0.39, 0.29) is 11.9 Å². The number of carbonyl (C=O) groups excluding carboxylic acids is 1. The third kappa shape index (κ3) is 3.13. The Morgan fingerprint density at radius 3 is 3.00 bits per heavy atom. The van der Waals surface area contributed by atoms with E-state index >= 15 is 0 Å². The summed E-state index contributed by atoms with van der Waals surface area (Å²) in [5, 5.41) is 3.38. The second-order valence-electron chi connectivity index (χ2n) is 5.56. The minimum absolute atomic E-state index is 0.149. The number of carbonyl (C=O) groups is 1. The fourth-order valence-electron chi connectivity index (χ4n) is 3.00. The highest BCUT2D eigenvalue weighted by Crippen LogP contribution is 2.34. The van der Waals surface area contributed by atoms with Gasteiger partial charge in [0.1, 0.15) is 11.5 Å². The second kappa shape index (κ2) is 6.35. The Kier molecular flexibility index (Phi) is 4.29. The summed E-state index contributed by atoms with van der Waals surface area (Å²) < 4.78 is 10.9. The Morgan fingerprint density at radius 2 is 2.24 bits per heavy atom. The molecule has 2 heterocycles. The van der Waals surface area contributed by atoms with E-state index in [1.807, 2.05) is 23.1 Å². The molecule has 1 amide bonds. The van der Waals surface area contributed by atoms with Gasteiger partial charge in [0.2, 0.25) is 5.91 Å². The van der Waals surface area contributed by atoms with Gasteiger partial charge in [0, 0.05) is 31.1 Å². The molecule has 2 aliphatic rings. The minimum Gasteiger partial charge on any atom is -0.497 e. The quantitative estimate of drug-likeness (QED) is 0.917. The van der Waals surface area contributed by atoms with Crippen LogP contribution in [0.2, 0.25) is 0 Å². The molecule has 0 bridgehead atoms. The number of ether oxygens (including phenoxy) is 2. The van der Waals surface area contributed by atoms with Gasteiger partial charge in [-0.05, 0) is 31.0 Å². The van der Waals surface area contributed by atoms with Crippen molar-refractivity contribution in [3.05, 3.63) is 23.8 Å². The van der Waals surface area contributed by atoms with Crippen molar-refractivity contribution in [2.45, 2.75) is 25.3 Å². The zero-order chi connectivity index (χ0) is 14.7. The van der Waals surface area contributed by atoms with Crippen LogP contribution in [0.15, 0.2) is 18.2 Å². The molecule has 0 radical (unpaired) electrons. The van der Waals surface area contributed by atoms with Crippen molar-refractivity contribution < 1.29 is 14.3 Å². The fourth-order valence-corrected chi connectivity index (χ4v) is 3.00. The molecule has 1 unspecified atom stereocenters. The van der Waals surface area contributed by atoms with Gasteiger partial charge in [0.05, 0.1) is 20.3 Å². The summed E-state index contributed by atoms with van der Waals surface area (Å²) >= 11 is 0. The monoisotopic (exact) mass is 290 g/mol. The highest BCUT2D eigenvalue weighted by Gasteiger charge is 2.24. The summed E-state index contributed by atoms with van der Waals surface area (Å²) in [7, 11) is 1.66. The van der Waals surface area contributed by atoms with E-state index in [9.17, 15) is 4.79 Å². The highest BCUT2D eigenvalue weighted by atomic mass is 16.5. The van der Waals surface area contributed by atoms with Crippen LogP contribution < -0.4 is 14.8 Å². The maximum absolute atomic E-state index is 12.1. The number of benzene rings is 1. The average molecular weight is 290 g/mol. The van der Waals surface area contributed by atoms with Gasteiger partial charge in [0.25, 0.3) is 0 Å². The van der Waals surface area contributed by atoms with Crippen LogP contribution >= 0.6 is 0 Å². The normalized spacial score (nSPS) is 20.8. The summed E-state index contributed by atoms with van der Waals surface area (Å²) in [6, 6.07) is 5.98. The number of nitrogens with one attached hydrogen (secondary N) is 1. The molecule has 1 aromatic rings. The van der Waals surface area contributed by atoms with Gasteiger partial charge >= 0.3 is 0 Å². The Balaban J connectivity index is 1.65. The number of rotatable bonds is 4. The number of nitrogens with zero attached hydrogens (tertiary/aromatic N) is 1. The van der Waals surface area contributed by atoms with Gasteiger partial charge in [-0.2, -0.15) is 0 Å². The van der Waals surface area contributed by atoms with Gasteiger partial charge in [-0.3, -0.25) is 4.79 Å². The molecule has 1 fully saturated rings. The van der Waals surface area contributed by atoms with Crippen molar-refractivity contribution in [2.75, 3.05) is 33.4 Å². The van der Waals surface area contributed by atoms with E-state index in [4.69, 9.17) is 9.47 Å². The number of hydrogen-bond acceptors (Lipinski definition) is 4. The SMILES string of the molecule is COc1ccc2c(c1)C(NCC(=O)N1CCCC1)CCO2. The van der Waals surface area contributed by atoms with Crippen molar-refractivity contribution in [1.82, 2.24) is 10.2 Å². The van der Waals surface area contributed by atoms with Crippen molar-refractivity contribution in [2.24, 2.45) is 0 Å². The largest absolute Gasteiger partial charge is 0.497 e. The van der Waals surface area contributed by atoms with Crippen LogP contribution in [0.1, 0.15) is 30.9 Å². The van der Waals surface area contributed by atoms with Crippen LogP contribution in [-0.4, -0.2) is 44.2 Å². The molecule has 0 aromatic heterocycles. The second-order valence-corrected chi connectivity index (χ2v) is 5.56. The Labute approximate surface area is 125 Å². The van der Waals surface area contributed by atoms with Gasteiger partial charge in [0.15, 0.2) is 0 Å². The highest BCUT2D eigenvalue weighted by molar-refractivity contribution is 5.78. The molecule has 1 saturated heterocycles. The lowest BCUT2D eigenvalue weighted by molar-refractivity contribution is -0.129. The van der Waals surface area contributed by atoms with Crippen LogP contribution in [-0.2, 0) is 4.79 Å². The average Bonchev–Trinajstić information content (AvgIpc) is 3.06. The van der Waals surface area contributed by atoms with Gasteiger partial charge in [-0.1, -0.05) is 0 Å². The number of hydrogen-bond donors (Lipinski definition) is 1. The first-order valence-corrected chi connectivity index (χ1v) is 7.60. The first-order valence-electron chi connectivity index (χ1n) is 7.60. The van der Waals surface area contributed by atoms with Gasteiger partial charge in [-0.15, -0.1) is 0 Å². The molecule has 1 atom stereocenters. The van der Waals surface area contributed by atoms with Crippen molar-refractivity contribution in [1.29, 1.82) is 0 Å². The lowest BCUT2D eigenvalue weighted by Gasteiger charge is -2.27. The van der Waals surface area contributed by atoms with Crippen molar-refractivity contribution in [3.63, 3.8) is 0 Å². The maximum Gasteiger partial charge on any atom is 0.236 e. The smallest absolute Gasteiger partial charge is 0.236 e. The Bertz CT molecular complexity index is 512. The van der Waals surface area contributed by atoms with Crippen molar-refractivity contribution >= 4 is 5.91 Å². The third-order valence-corrected chi connectivity index (χ3v) is 4.21. The Hall–Kier alpha value is -1.75. The first-order chi connectivity index (χ1) is 10.3. The molecule has 2 aliphatic heterocycles. The van der Waals surface area contributed by atoms with Crippen LogP contribution in [0.5, 0.6) is 11.5 Å². The van der Waals surface area contributed by atoms with Gasteiger partial charge < -0.3 is 19.7 Å². The van der Waals surface area contributed by atoms with E-state index < -0.39 is 0 Å². The molecule has 1 N–H and O–H groups in total. The summed E-state index contributed by atoms with van der Waals surface area (Å²) in [5.74, 6) is 1.90. The van der Waals surface area contributed by atoms with Gasteiger partial charge in [-0.25, -0.2) is 0 Å². The molecule has 1 aromatic carbocycles. The molecule has 0 spiro atoms. The molecule has 0 aliphatic carbocycles. The van der Waals surface area contributed by atoms with Crippen LogP contribution in [0.25, 0.3) is 0 Å². The molecule has 0 saturated carbocycles. The number of amides is 1. The van der Waals surface area contributed by atoms with Crippen LogP contribution in [0.3, 0.4) is 0 Å². The Morgan fingerprint density at radius 1 is 1.43 bits per heavy atom. The molecular weight excluding hydrogens is 268 g/mol. The number of methoxy groups -OCH3 is 1. The van der Waals surface area contributed by atoms with E-state index in [2.05, 4.69) is 5.32 Å². The first kappa shape index (κ1) is 14.2. The summed E-state index contributed by atoms with van der Waals surface area (Å²) in [6.45, 7) is 2.87. The fraction of sp³-hybridized carbons (Fsp3) is 0.562. The maximum atomic E-state index is 12.1. The van der Waals surface area contributed by atoms with Crippen molar-refractivity contribution in [3.8, 4) is 11.5 Å². The molecule has 5 nitrogen and oxygen atoms in total. The lowest BCUT2D eigenvalue weighted by Crippen LogP contribution is -2.38. The van der Waals surface area contributed by atoms with E-state index in [1.54, 1.807) is 7.11 Å². The van der Waals surface area contributed by atoms with E-state index in [0.717, 1.165) is 49.4 Å². The minimum atomic E-state index is 0.149. The summed E-state index contributed by atoms with van der Waals surface area (Å²) in [6.07, 6.45) is 3.12. The molecule has 5 heteroatoms. The molecule has 114 valence electrons. The molecule has 21 heavy (non-hydrogen) atoms. The topological polar surface area (TPSA) is 50.8 Å². The molecule has 3 rings (SSSR count). The van der Waals surface area contributed by atoms with E-state index in [1.165, 1.54) is 0 Å². The number of fused-ring (bicyclic) bond motifs is 1. The van der Waals surface area contributed by atoms with Crippen LogP contribution in [0, 0.1) is 0 Å². The summed E-state index contributed by atoms with van der Waals surface area (Å²) in [4.78, 5) is 14.1. The lowest BCUT2D eigenvalue weighted by atomic mass is 10.00. The van der Waals surface area contributed by atoms with Crippen LogP contribution in [0.4, 0.5) is 0 Å². The number of likely N-dealkylation sites (tertiary alicyclic amines) is 1. The third-order valence-electron chi connectivity index (χ3n) is 4.21. The predicted molar refractivity (Wildman–Crippen MR) is 79.7 cm³/mol. The predicted octanol–water partition coefficient (Wildman–Crippen LogP) is 1.73. The van der Waals surface area contributed by atoms with E-state index in [0.29, 0.717) is 13.2 Å². The zero-order valence-corrected chi connectivity index (χ0v) is 12.4. The standard InChI is InChI=1S/C16H22N2O3/c1-20-12-4-5-15-13(10-12)14(6-9-21-15)17-11-16(19)18-7-2-3-8-18/h4-5,10,14,17H,2-3,6-9,11H2,1H3. The molecular formula is C16H22N2O3. The summed E-state index contributed by atoms with van der Waals surface area (Å²) in [5.41, 5.74) is 1.08.